The van der Waals surface area contributed by atoms with E-state index in [0.717, 1.165) is 6.42 Å². The average Bonchev–Trinajstić information content (AvgIpc) is 1.85. The Kier molecular flexibility index (Phi) is 4.69. The highest BCUT2D eigenvalue weighted by Gasteiger charge is 1.90. The third kappa shape index (κ3) is 4.94. The molecule has 0 aromatic carbocycles. The molecule has 0 radical (unpaired) electrons. The number of rotatable bonds is 4. The Morgan fingerprint density at radius 1 is 1.56 bits per heavy atom. The lowest BCUT2D eigenvalue weighted by Gasteiger charge is -1.80. The Morgan fingerprint density at radius 3 is 2.67 bits per heavy atom. The Labute approximate surface area is 54.6 Å². The largest absolute Gasteiger partial charge is 0.303 e. The van der Waals surface area contributed by atoms with Gasteiger partial charge in [-0.25, -0.2) is 0 Å². The van der Waals surface area contributed by atoms with Crippen molar-refractivity contribution in [3.63, 3.8) is 0 Å². The molecule has 9 heavy (non-hydrogen) atoms. The molecule has 0 aromatic heterocycles. The van der Waals surface area contributed by atoms with E-state index in [2.05, 4.69) is 0 Å². The monoisotopic (exact) mass is 126 g/mol. The second kappa shape index (κ2) is 5.22. The van der Waals surface area contributed by atoms with Gasteiger partial charge in [-0.15, -0.1) is 0 Å². The normalized spacial score (nSPS) is 9.89. The highest BCUT2D eigenvalue weighted by atomic mass is 16.1. The predicted octanol–water partition coefficient (Wildman–Crippen LogP) is 1.11. The zero-order valence-electron chi connectivity index (χ0n) is 5.46. The van der Waals surface area contributed by atoms with Crippen molar-refractivity contribution in [1.82, 2.24) is 0 Å². The van der Waals surface area contributed by atoms with Crippen LogP contribution in [-0.2, 0) is 9.59 Å². The summed E-state index contributed by atoms with van der Waals surface area (Å²) in [5.74, 6) is -0.119. The van der Waals surface area contributed by atoms with Gasteiger partial charge in [0, 0.05) is 0 Å². The topological polar surface area (TPSA) is 34.1 Å². The van der Waals surface area contributed by atoms with Crippen molar-refractivity contribution < 1.29 is 9.59 Å². The highest BCUT2D eigenvalue weighted by Crippen LogP contribution is 1.83. The lowest BCUT2D eigenvalue weighted by molar-refractivity contribution is -0.118. The predicted molar refractivity (Wildman–Crippen MR) is 35.1 cm³/mol. The van der Waals surface area contributed by atoms with Crippen LogP contribution in [0.4, 0.5) is 0 Å². The molecule has 0 amide bonds. The molecule has 2 nitrogen and oxygen atoms in total. The van der Waals surface area contributed by atoms with E-state index in [9.17, 15) is 9.59 Å². The summed E-state index contributed by atoms with van der Waals surface area (Å²) in [7, 11) is 0. The molecule has 0 fully saturated rings. The lowest BCUT2D eigenvalue weighted by atomic mass is 10.2. The van der Waals surface area contributed by atoms with Gasteiger partial charge in [-0.05, 0) is 12.5 Å². The van der Waals surface area contributed by atoms with Crippen molar-refractivity contribution in [2.24, 2.45) is 0 Å². The smallest absolute Gasteiger partial charge is 0.162 e. The first-order chi connectivity index (χ1) is 4.31. The number of ketones is 1. The van der Waals surface area contributed by atoms with Crippen molar-refractivity contribution in [3.05, 3.63) is 12.2 Å². The second-order valence-corrected chi connectivity index (χ2v) is 1.65. The van der Waals surface area contributed by atoms with Gasteiger partial charge in [0.15, 0.2) is 5.78 Å². The van der Waals surface area contributed by atoms with Crippen LogP contribution in [0.3, 0.4) is 0 Å². The minimum Gasteiger partial charge on any atom is -0.303 e. The molecule has 0 N–H and O–H groups in total. The molecular weight excluding hydrogens is 116 g/mol. The van der Waals surface area contributed by atoms with Gasteiger partial charge in [0.05, 0.1) is 6.42 Å². The van der Waals surface area contributed by atoms with E-state index in [-0.39, 0.29) is 12.2 Å². The van der Waals surface area contributed by atoms with Gasteiger partial charge in [0.1, 0.15) is 6.29 Å². The minimum atomic E-state index is -0.119. The first kappa shape index (κ1) is 8.08. The van der Waals surface area contributed by atoms with E-state index >= 15 is 0 Å². The molecule has 0 unspecified atom stereocenters. The van der Waals surface area contributed by atoms with E-state index in [1.165, 1.54) is 6.08 Å². The first-order valence-corrected chi connectivity index (χ1v) is 2.94. The first-order valence-electron chi connectivity index (χ1n) is 2.94. The van der Waals surface area contributed by atoms with Crippen LogP contribution in [0.5, 0.6) is 0 Å². The molecule has 0 aromatic rings. The van der Waals surface area contributed by atoms with Crippen LogP contribution in [0.25, 0.3) is 0 Å². The third-order valence-electron chi connectivity index (χ3n) is 0.824. The van der Waals surface area contributed by atoms with Gasteiger partial charge in [-0.1, -0.05) is 13.0 Å². The molecule has 0 atom stereocenters. The quantitative estimate of drug-likeness (QED) is 0.321. The maximum atomic E-state index is 10.5. The van der Waals surface area contributed by atoms with Crippen LogP contribution in [-0.4, -0.2) is 12.1 Å². The summed E-state index contributed by atoms with van der Waals surface area (Å²) < 4.78 is 0. The summed E-state index contributed by atoms with van der Waals surface area (Å²) in [6.07, 6.45) is 4.64. The Hall–Kier alpha value is -0.920. The van der Waals surface area contributed by atoms with Crippen LogP contribution in [0, 0.1) is 0 Å². The summed E-state index contributed by atoms with van der Waals surface area (Å²) in [6.45, 7) is 1.94. The van der Waals surface area contributed by atoms with Gasteiger partial charge in [-0.2, -0.15) is 0 Å². The van der Waals surface area contributed by atoms with Crippen molar-refractivity contribution in [2.45, 2.75) is 19.8 Å². The van der Waals surface area contributed by atoms with Crippen LogP contribution in [0.1, 0.15) is 19.8 Å². The number of aldehydes is 1. The Morgan fingerprint density at radius 2 is 2.22 bits per heavy atom. The van der Waals surface area contributed by atoms with Crippen LogP contribution in [0.15, 0.2) is 12.2 Å². The van der Waals surface area contributed by atoms with Gasteiger partial charge < -0.3 is 4.79 Å². The standard InChI is InChI=1S/C7H10O2/c1-2-3-4-7(9)5-6-8/h3-4,6H,2,5H2,1H3. The summed E-state index contributed by atoms with van der Waals surface area (Å²) in [5, 5.41) is 0. The SMILES string of the molecule is CCC=CC(=O)CC=O. The lowest BCUT2D eigenvalue weighted by Crippen LogP contribution is -1.91. The molecular formula is C7H10O2. The van der Waals surface area contributed by atoms with E-state index in [4.69, 9.17) is 0 Å². The Balaban J connectivity index is 3.49. The Bertz CT molecular complexity index is 125. The molecule has 0 saturated heterocycles. The summed E-state index contributed by atoms with van der Waals surface area (Å²) in [6, 6.07) is 0. The molecule has 50 valence electrons. The molecule has 0 saturated carbocycles. The molecule has 0 rings (SSSR count). The van der Waals surface area contributed by atoms with Crippen molar-refractivity contribution in [2.75, 3.05) is 0 Å². The molecule has 0 heterocycles. The number of carbonyl (C=O) groups is 2. The zero-order valence-corrected chi connectivity index (χ0v) is 5.46. The van der Waals surface area contributed by atoms with E-state index in [0.29, 0.717) is 6.29 Å². The molecule has 2 heteroatoms. The molecule has 0 spiro atoms. The van der Waals surface area contributed by atoms with E-state index in [1.54, 1.807) is 6.08 Å². The summed E-state index contributed by atoms with van der Waals surface area (Å²) in [5.41, 5.74) is 0. The van der Waals surface area contributed by atoms with Gasteiger partial charge in [0.25, 0.3) is 0 Å². The number of hydrogen-bond donors (Lipinski definition) is 0. The average molecular weight is 126 g/mol. The fourth-order valence-corrected chi connectivity index (χ4v) is 0.399. The minimum absolute atomic E-state index is 0.0104. The zero-order chi connectivity index (χ0) is 7.11. The van der Waals surface area contributed by atoms with Crippen LogP contribution < -0.4 is 0 Å². The van der Waals surface area contributed by atoms with Gasteiger partial charge in [-0.3, -0.25) is 4.79 Å². The molecule has 0 bridgehead atoms. The van der Waals surface area contributed by atoms with Gasteiger partial charge >= 0.3 is 0 Å². The van der Waals surface area contributed by atoms with E-state index in [1.807, 2.05) is 6.92 Å². The van der Waals surface area contributed by atoms with Crippen molar-refractivity contribution in [3.8, 4) is 0 Å². The maximum Gasteiger partial charge on any atom is 0.162 e. The molecule has 0 aliphatic heterocycles. The summed E-state index contributed by atoms with van der Waals surface area (Å²) >= 11 is 0. The number of carbonyl (C=O) groups excluding carboxylic acids is 2. The third-order valence-corrected chi connectivity index (χ3v) is 0.824. The fourth-order valence-electron chi connectivity index (χ4n) is 0.399. The second-order valence-electron chi connectivity index (χ2n) is 1.65. The molecule has 0 aliphatic rings. The highest BCUT2D eigenvalue weighted by molar-refractivity contribution is 5.97. The van der Waals surface area contributed by atoms with Crippen molar-refractivity contribution in [1.29, 1.82) is 0 Å². The number of hydrogen-bond acceptors (Lipinski definition) is 2. The summed E-state index contributed by atoms with van der Waals surface area (Å²) in [4.78, 5) is 20.2. The van der Waals surface area contributed by atoms with Gasteiger partial charge in [0.2, 0.25) is 0 Å². The molecule has 0 aliphatic carbocycles. The fraction of sp³-hybridized carbons (Fsp3) is 0.429. The van der Waals surface area contributed by atoms with Crippen LogP contribution >= 0.6 is 0 Å². The van der Waals surface area contributed by atoms with Crippen LogP contribution in [0.2, 0.25) is 0 Å². The van der Waals surface area contributed by atoms with E-state index < -0.39 is 0 Å². The maximum absolute atomic E-state index is 10.5. The number of allylic oxidation sites excluding steroid dienone is 2. The van der Waals surface area contributed by atoms with Crippen molar-refractivity contribution >= 4 is 12.1 Å².